The van der Waals surface area contributed by atoms with E-state index < -0.39 is 0 Å². The zero-order valence-electron chi connectivity index (χ0n) is 20.1. The number of unbranched alkanes of at least 4 members (excludes halogenated alkanes) is 1. The van der Waals surface area contributed by atoms with Crippen LogP contribution in [0.1, 0.15) is 19.8 Å². The highest BCUT2D eigenvalue weighted by Gasteiger charge is 1.95. The lowest BCUT2D eigenvalue weighted by Gasteiger charge is -2.08. The molecule has 0 unspecified atom stereocenters. The second-order valence-corrected chi connectivity index (χ2v) is 6.65. The number of hydrogen-bond acceptors (Lipinski definition) is 10. The molecule has 0 fully saturated rings. The first-order chi connectivity index (χ1) is 15.9. The fourth-order valence-corrected chi connectivity index (χ4v) is 2.19. The first kappa shape index (κ1) is 31.6. The van der Waals surface area contributed by atoms with Gasteiger partial charge in [0.2, 0.25) is 0 Å². The predicted molar refractivity (Wildman–Crippen MR) is 121 cm³/mol. The lowest BCUT2D eigenvalue weighted by Crippen LogP contribution is -2.15. The van der Waals surface area contributed by atoms with Crippen molar-refractivity contribution in [2.75, 3.05) is 125 Å². The highest BCUT2D eigenvalue weighted by atomic mass is 16.6. The van der Waals surface area contributed by atoms with Crippen molar-refractivity contribution in [1.29, 1.82) is 0 Å². The molecule has 0 amide bonds. The van der Waals surface area contributed by atoms with Crippen LogP contribution in [0.3, 0.4) is 0 Å². The van der Waals surface area contributed by atoms with Crippen molar-refractivity contribution in [1.82, 2.24) is 0 Å². The van der Waals surface area contributed by atoms with E-state index in [1.54, 1.807) is 0 Å². The molecule has 0 aromatic rings. The van der Waals surface area contributed by atoms with Crippen LogP contribution < -0.4 is 5.73 Å². The molecule has 0 heterocycles. The summed E-state index contributed by atoms with van der Waals surface area (Å²) in [6.07, 6.45) is 2.25. The third-order valence-electron chi connectivity index (χ3n) is 3.88. The Morgan fingerprint density at radius 2 is 0.562 bits per heavy atom. The molecule has 0 saturated carbocycles. The fourth-order valence-electron chi connectivity index (χ4n) is 2.19. The van der Waals surface area contributed by atoms with E-state index in [1.807, 2.05) is 0 Å². The summed E-state index contributed by atoms with van der Waals surface area (Å²) in [4.78, 5) is 0. The molecule has 194 valence electrons. The van der Waals surface area contributed by atoms with Crippen molar-refractivity contribution in [2.24, 2.45) is 5.73 Å². The van der Waals surface area contributed by atoms with Gasteiger partial charge in [0.25, 0.3) is 0 Å². The van der Waals surface area contributed by atoms with Crippen LogP contribution in [0.15, 0.2) is 0 Å². The molecule has 10 heteroatoms. The van der Waals surface area contributed by atoms with E-state index in [4.69, 9.17) is 48.4 Å². The summed E-state index contributed by atoms with van der Waals surface area (Å²) >= 11 is 0. The smallest absolute Gasteiger partial charge is 0.0701 e. The van der Waals surface area contributed by atoms with Gasteiger partial charge in [0, 0.05) is 13.2 Å². The SMILES string of the molecule is CCCCOCCOCCOCCOCCOCCOCCOCCOCCOCCN. The van der Waals surface area contributed by atoms with Crippen molar-refractivity contribution >= 4 is 0 Å². The van der Waals surface area contributed by atoms with E-state index in [0.29, 0.717) is 119 Å². The highest BCUT2D eigenvalue weighted by Crippen LogP contribution is 1.88. The standard InChI is InChI=1S/C22H47NO9/c1-2-3-5-24-7-9-26-11-13-28-15-17-30-19-21-32-22-20-31-18-16-29-14-12-27-10-8-25-6-4-23/h2-23H2,1H3. The third kappa shape index (κ3) is 29.6. The lowest BCUT2D eigenvalue weighted by atomic mass is 10.4. The fraction of sp³-hybridized carbons (Fsp3) is 1.00. The quantitative estimate of drug-likeness (QED) is 0.159. The van der Waals surface area contributed by atoms with Crippen LogP contribution in [-0.4, -0.2) is 125 Å². The number of rotatable bonds is 29. The number of ether oxygens (including phenoxy) is 9. The van der Waals surface area contributed by atoms with E-state index in [1.165, 1.54) is 0 Å². The Balaban J connectivity index is 2.98. The largest absolute Gasteiger partial charge is 0.379 e. The van der Waals surface area contributed by atoms with Gasteiger partial charge in [0.05, 0.1) is 112 Å². The van der Waals surface area contributed by atoms with Crippen LogP contribution in [0.25, 0.3) is 0 Å². The molecular formula is C22H47NO9. The molecule has 2 N–H and O–H groups in total. The van der Waals surface area contributed by atoms with Crippen LogP contribution in [0.5, 0.6) is 0 Å². The Kier molecular flexibility index (Phi) is 30.2. The molecule has 0 saturated heterocycles. The normalized spacial score (nSPS) is 11.4. The molecule has 0 aliphatic carbocycles. The summed E-state index contributed by atoms with van der Waals surface area (Å²) in [6.45, 7) is 12.9. The molecule has 0 aliphatic heterocycles. The van der Waals surface area contributed by atoms with E-state index in [0.717, 1.165) is 19.4 Å². The van der Waals surface area contributed by atoms with E-state index in [9.17, 15) is 0 Å². The summed E-state index contributed by atoms with van der Waals surface area (Å²) < 4.78 is 48.5. The van der Waals surface area contributed by atoms with Gasteiger partial charge in [-0.3, -0.25) is 0 Å². The molecule has 0 atom stereocenters. The van der Waals surface area contributed by atoms with Gasteiger partial charge in [-0.05, 0) is 6.42 Å². The van der Waals surface area contributed by atoms with Crippen molar-refractivity contribution in [3.63, 3.8) is 0 Å². The van der Waals surface area contributed by atoms with Gasteiger partial charge in [-0.25, -0.2) is 0 Å². The third-order valence-corrected chi connectivity index (χ3v) is 3.88. The summed E-state index contributed by atoms with van der Waals surface area (Å²) in [5.74, 6) is 0. The van der Waals surface area contributed by atoms with Gasteiger partial charge in [-0.1, -0.05) is 13.3 Å². The average molecular weight is 470 g/mol. The zero-order valence-corrected chi connectivity index (χ0v) is 20.1. The van der Waals surface area contributed by atoms with Gasteiger partial charge in [0.15, 0.2) is 0 Å². The van der Waals surface area contributed by atoms with Crippen molar-refractivity contribution in [2.45, 2.75) is 19.8 Å². The molecule has 10 nitrogen and oxygen atoms in total. The minimum Gasteiger partial charge on any atom is -0.379 e. The van der Waals surface area contributed by atoms with Crippen molar-refractivity contribution in [3.8, 4) is 0 Å². The summed E-state index contributed by atoms with van der Waals surface area (Å²) in [7, 11) is 0. The molecule has 0 aromatic heterocycles. The Hall–Kier alpha value is -0.400. The summed E-state index contributed by atoms with van der Waals surface area (Å²) in [5.41, 5.74) is 5.31. The Morgan fingerprint density at radius 1 is 0.344 bits per heavy atom. The van der Waals surface area contributed by atoms with E-state index in [-0.39, 0.29) is 0 Å². The Bertz CT molecular complexity index is 298. The Labute approximate surface area is 194 Å². The topological polar surface area (TPSA) is 109 Å². The molecule has 0 aromatic carbocycles. The van der Waals surface area contributed by atoms with Crippen molar-refractivity contribution in [3.05, 3.63) is 0 Å². The van der Waals surface area contributed by atoms with Crippen LogP contribution in [0, 0.1) is 0 Å². The molecule has 0 radical (unpaired) electrons. The lowest BCUT2D eigenvalue weighted by molar-refractivity contribution is -0.0249. The van der Waals surface area contributed by atoms with E-state index in [2.05, 4.69) is 6.92 Å². The van der Waals surface area contributed by atoms with Gasteiger partial charge < -0.3 is 48.4 Å². The average Bonchev–Trinajstić information content (AvgIpc) is 2.81. The maximum Gasteiger partial charge on any atom is 0.0701 e. The van der Waals surface area contributed by atoms with Crippen molar-refractivity contribution < 1.29 is 42.6 Å². The van der Waals surface area contributed by atoms with Gasteiger partial charge >= 0.3 is 0 Å². The molecular weight excluding hydrogens is 422 g/mol. The van der Waals surface area contributed by atoms with Gasteiger partial charge in [-0.2, -0.15) is 0 Å². The van der Waals surface area contributed by atoms with Crippen LogP contribution in [0.2, 0.25) is 0 Å². The molecule has 0 aliphatic rings. The number of hydrogen-bond donors (Lipinski definition) is 1. The minimum absolute atomic E-state index is 0.532. The second kappa shape index (κ2) is 30.6. The van der Waals surface area contributed by atoms with Crippen LogP contribution in [-0.2, 0) is 42.6 Å². The molecule has 32 heavy (non-hydrogen) atoms. The molecule has 0 rings (SSSR count). The van der Waals surface area contributed by atoms with Crippen LogP contribution >= 0.6 is 0 Å². The van der Waals surface area contributed by atoms with Gasteiger partial charge in [0.1, 0.15) is 0 Å². The highest BCUT2D eigenvalue weighted by molar-refractivity contribution is 4.38. The van der Waals surface area contributed by atoms with E-state index >= 15 is 0 Å². The summed E-state index contributed by atoms with van der Waals surface area (Å²) in [5, 5.41) is 0. The van der Waals surface area contributed by atoms with Gasteiger partial charge in [-0.15, -0.1) is 0 Å². The predicted octanol–water partition coefficient (Wildman–Crippen LogP) is 0.895. The van der Waals surface area contributed by atoms with Crippen LogP contribution in [0.4, 0.5) is 0 Å². The maximum atomic E-state index is 5.44. The Morgan fingerprint density at radius 3 is 0.781 bits per heavy atom. The first-order valence-electron chi connectivity index (χ1n) is 11.8. The molecule has 0 spiro atoms. The zero-order chi connectivity index (χ0) is 23.2. The monoisotopic (exact) mass is 469 g/mol. The summed E-state index contributed by atoms with van der Waals surface area (Å²) in [6, 6.07) is 0. The minimum atomic E-state index is 0.532. The second-order valence-electron chi connectivity index (χ2n) is 6.65. The molecule has 0 bridgehead atoms. The maximum absolute atomic E-state index is 5.44. The number of nitrogens with two attached hydrogens (primary N) is 1. The first-order valence-corrected chi connectivity index (χ1v) is 11.8.